The maximum atomic E-state index is 10.2. The molecule has 1 aromatic carbocycles. The first kappa shape index (κ1) is 15.6. The van der Waals surface area contributed by atoms with Gasteiger partial charge >= 0.3 is 0 Å². The van der Waals surface area contributed by atoms with Gasteiger partial charge in [-0.05, 0) is 33.6 Å². The Balaban J connectivity index is 1.97. The van der Waals surface area contributed by atoms with Gasteiger partial charge in [0.1, 0.15) is 5.60 Å². The molecule has 0 amide bonds. The molecular weight excluding hydrogens is 326 g/mol. The smallest absolute Gasteiger partial charge is 0.174 e. The summed E-state index contributed by atoms with van der Waals surface area (Å²) in [5.41, 5.74) is 0.311. The van der Waals surface area contributed by atoms with E-state index in [1.165, 1.54) is 0 Å². The number of ether oxygens (including phenoxy) is 3. The third-order valence-corrected chi connectivity index (χ3v) is 3.95. The van der Waals surface area contributed by atoms with Crippen molar-refractivity contribution in [3.63, 3.8) is 0 Å². The molecule has 0 saturated carbocycles. The van der Waals surface area contributed by atoms with Crippen molar-refractivity contribution < 1.29 is 19.3 Å². The van der Waals surface area contributed by atoms with Crippen LogP contribution in [0.25, 0.3) is 0 Å². The van der Waals surface area contributed by atoms with Crippen LogP contribution >= 0.6 is 15.9 Å². The van der Waals surface area contributed by atoms with E-state index in [1.54, 1.807) is 14.2 Å². The van der Waals surface area contributed by atoms with E-state index >= 15 is 0 Å². The van der Waals surface area contributed by atoms with Gasteiger partial charge in [0.2, 0.25) is 0 Å². The van der Waals surface area contributed by atoms with E-state index in [4.69, 9.17) is 14.2 Å². The molecule has 1 saturated heterocycles. The van der Waals surface area contributed by atoms with Crippen LogP contribution in [0.2, 0.25) is 0 Å². The summed E-state index contributed by atoms with van der Waals surface area (Å²) in [6.07, 6.45) is 0.676. The summed E-state index contributed by atoms with van der Waals surface area (Å²) in [5.74, 6) is 1.36. The van der Waals surface area contributed by atoms with Gasteiger partial charge in [0.05, 0.1) is 25.3 Å². The molecule has 112 valence electrons. The van der Waals surface area contributed by atoms with Crippen LogP contribution in [0, 0.1) is 0 Å². The Morgan fingerprint density at radius 1 is 1.40 bits per heavy atom. The van der Waals surface area contributed by atoms with Crippen molar-refractivity contribution >= 4 is 15.9 Å². The second kappa shape index (κ2) is 6.76. The summed E-state index contributed by atoms with van der Waals surface area (Å²) in [5, 5.41) is 13.4. The van der Waals surface area contributed by atoms with E-state index in [0.717, 1.165) is 10.0 Å². The Bertz CT molecular complexity index is 461. The summed E-state index contributed by atoms with van der Waals surface area (Å²) in [6.45, 7) is 2.18. The largest absolute Gasteiger partial charge is 0.493 e. The average molecular weight is 346 g/mol. The highest BCUT2D eigenvalue weighted by Gasteiger charge is 2.31. The molecule has 20 heavy (non-hydrogen) atoms. The lowest BCUT2D eigenvalue weighted by molar-refractivity contribution is 0.0268. The zero-order valence-corrected chi connectivity index (χ0v) is 13.3. The first-order valence-corrected chi connectivity index (χ1v) is 7.28. The highest BCUT2D eigenvalue weighted by molar-refractivity contribution is 9.10. The summed E-state index contributed by atoms with van der Waals surface area (Å²) >= 11 is 3.47. The normalized spacial score (nSPS) is 22.0. The van der Waals surface area contributed by atoms with Gasteiger partial charge in [-0.3, -0.25) is 0 Å². The summed E-state index contributed by atoms with van der Waals surface area (Å²) in [6, 6.07) is 3.90. The van der Waals surface area contributed by atoms with Crippen molar-refractivity contribution in [1.29, 1.82) is 0 Å². The molecule has 6 heteroatoms. The van der Waals surface area contributed by atoms with Crippen molar-refractivity contribution in [2.24, 2.45) is 0 Å². The molecular formula is C14H20BrNO4. The van der Waals surface area contributed by atoms with Gasteiger partial charge in [-0.2, -0.15) is 0 Å². The van der Waals surface area contributed by atoms with Gasteiger partial charge in [0.15, 0.2) is 11.5 Å². The topological polar surface area (TPSA) is 60.0 Å². The highest BCUT2D eigenvalue weighted by atomic mass is 79.9. The van der Waals surface area contributed by atoms with E-state index in [-0.39, 0.29) is 0 Å². The molecule has 0 aromatic heterocycles. The zero-order chi connectivity index (χ0) is 14.6. The van der Waals surface area contributed by atoms with Crippen molar-refractivity contribution in [3.8, 4) is 11.5 Å². The molecule has 0 bridgehead atoms. The third kappa shape index (κ3) is 3.63. The minimum absolute atomic E-state index is 0.398. The molecule has 0 aliphatic carbocycles. The molecule has 1 unspecified atom stereocenters. The number of halogens is 1. The Kier molecular flexibility index (Phi) is 5.26. The second-order valence-electron chi connectivity index (χ2n) is 4.94. The SMILES string of the molecule is COc1cc(CNCC2(O)CCOC2)cc(Br)c1OC. The fourth-order valence-electron chi connectivity index (χ4n) is 2.25. The van der Waals surface area contributed by atoms with Crippen molar-refractivity contribution in [3.05, 3.63) is 22.2 Å². The molecule has 1 heterocycles. The Labute approximate surface area is 127 Å². The van der Waals surface area contributed by atoms with Gasteiger partial charge < -0.3 is 24.6 Å². The quantitative estimate of drug-likeness (QED) is 0.821. The van der Waals surface area contributed by atoms with E-state index in [0.29, 0.717) is 44.2 Å². The minimum Gasteiger partial charge on any atom is -0.493 e. The fourth-order valence-corrected chi connectivity index (χ4v) is 2.90. The maximum absolute atomic E-state index is 10.2. The van der Waals surface area contributed by atoms with Gasteiger partial charge in [0.25, 0.3) is 0 Å². The molecule has 0 radical (unpaired) electrons. The summed E-state index contributed by atoms with van der Waals surface area (Å²) in [7, 11) is 3.22. The molecule has 1 aromatic rings. The van der Waals surface area contributed by atoms with Crippen LogP contribution in [-0.4, -0.2) is 44.7 Å². The lowest BCUT2D eigenvalue weighted by Gasteiger charge is -2.21. The molecule has 1 atom stereocenters. The predicted octanol–water partition coefficient (Wildman–Crippen LogP) is 1.71. The number of methoxy groups -OCH3 is 2. The van der Waals surface area contributed by atoms with Crippen LogP contribution < -0.4 is 14.8 Å². The third-order valence-electron chi connectivity index (χ3n) is 3.36. The summed E-state index contributed by atoms with van der Waals surface area (Å²) < 4.78 is 16.6. The first-order valence-electron chi connectivity index (χ1n) is 6.49. The van der Waals surface area contributed by atoms with Crippen LogP contribution in [0.5, 0.6) is 11.5 Å². The van der Waals surface area contributed by atoms with Crippen LogP contribution in [-0.2, 0) is 11.3 Å². The predicted molar refractivity (Wildman–Crippen MR) is 79.3 cm³/mol. The van der Waals surface area contributed by atoms with E-state index in [1.807, 2.05) is 12.1 Å². The van der Waals surface area contributed by atoms with Crippen LogP contribution in [0.1, 0.15) is 12.0 Å². The Hall–Kier alpha value is -0.820. The lowest BCUT2D eigenvalue weighted by Crippen LogP contribution is -2.40. The lowest BCUT2D eigenvalue weighted by atomic mass is 10.0. The van der Waals surface area contributed by atoms with Gasteiger partial charge in [-0.1, -0.05) is 0 Å². The number of aliphatic hydroxyl groups is 1. The molecule has 0 spiro atoms. The van der Waals surface area contributed by atoms with Crippen molar-refractivity contribution in [1.82, 2.24) is 5.32 Å². The minimum atomic E-state index is -0.742. The number of nitrogens with one attached hydrogen (secondary N) is 1. The zero-order valence-electron chi connectivity index (χ0n) is 11.7. The summed E-state index contributed by atoms with van der Waals surface area (Å²) in [4.78, 5) is 0. The number of rotatable bonds is 6. The van der Waals surface area contributed by atoms with Gasteiger partial charge in [-0.15, -0.1) is 0 Å². The monoisotopic (exact) mass is 345 g/mol. The number of hydrogen-bond donors (Lipinski definition) is 2. The molecule has 1 aliphatic heterocycles. The highest BCUT2D eigenvalue weighted by Crippen LogP contribution is 2.36. The fraction of sp³-hybridized carbons (Fsp3) is 0.571. The number of benzene rings is 1. The van der Waals surface area contributed by atoms with Crippen molar-refractivity contribution in [2.45, 2.75) is 18.6 Å². The second-order valence-corrected chi connectivity index (χ2v) is 5.80. The Morgan fingerprint density at radius 2 is 2.20 bits per heavy atom. The Morgan fingerprint density at radius 3 is 2.80 bits per heavy atom. The van der Waals surface area contributed by atoms with Crippen LogP contribution in [0.4, 0.5) is 0 Å². The first-order chi connectivity index (χ1) is 9.58. The van der Waals surface area contributed by atoms with Crippen molar-refractivity contribution in [2.75, 3.05) is 34.0 Å². The standard InChI is InChI=1S/C14H20BrNO4/c1-18-12-6-10(5-11(15)13(12)19-2)7-16-8-14(17)3-4-20-9-14/h5-6,16-17H,3-4,7-9H2,1-2H3. The maximum Gasteiger partial charge on any atom is 0.174 e. The average Bonchev–Trinajstić information content (AvgIpc) is 2.85. The van der Waals surface area contributed by atoms with Gasteiger partial charge in [-0.25, -0.2) is 0 Å². The molecule has 2 N–H and O–H groups in total. The van der Waals surface area contributed by atoms with Crippen LogP contribution in [0.3, 0.4) is 0 Å². The molecule has 5 nitrogen and oxygen atoms in total. The van der Waals surface area contributed by atoms with E-state index < -0.39 is 5.60 Å². The molecule has 1 aliphatic rings. The van der Waals surface area contributed by atoms with E-state index in [9.17, 15) is 5.11 Å². The molecule has 2 rings (SSSR count). The number of hydrogen-bond acceptors (Lipinski definition) is 5. The van der Waals surface area contributed by atoms with E-state index in [2.05, 4.69) is 21.2 Å². The van der Waals surface area contributed by atoms with Crippen LogP contribution in [0.15, 0.2) is 16.6 Å². The molecule has 1 fully saturated rings. The van der Waals surface area contributed by atoms with Gasteiger partial charge in [0, 0.05) is 26.1 Å².